The van der Waals surface area contributed by atoms with Gasteiger partial charge in [0, 0.05) is 38.4 Å². The molecule has 3 atom stereocenters. The Hall–Kier alpha value is -2.36. The molecular formula is C26H35F3N4O3. The number of carbonyl (C=O) groups is 2. The number of nitrogens with zero attached hydrogens (tertiary/aromatic N) is 3. The van der Waals surface area contributed by atoms with Crippen molar-refractivity contribution in [1.82, 2.24) is 15.2 Å². The van der Waals surface area contributed by atoms with Crippen molar-refractivity contribution in [1.29, 1.82) is 0 Å². The largest absolute Gasteiger partial charge is 0.469 e. The van der Waals surface area contributed by atoms with Crippen molar-refractivity contribution in [2.24, 2.45) is 23.2 Å². The third-order valence-electron chi connectivity index (χ3n) is 9.04. The number of amides is 1. The van der Waals surface area contributed by atoms with E-state index in [1.807, 2.05) is 11.8 Å². The van der Waals surface area contributed by atoms with E-state index in [-0.39, 0.29) is 29.4 Å². The molecule has 7 nitrogen and oxygen atoms in total. The highest BCUT2D eigenvalue weighted by atomic mass is 19.4. The maximum absolute atomic E-state index is 13.4. The Morgan fingerprint density at radius 3 is 2.33 bits per heavy atom. The van der Waals surface area contributed by atoms with Crippen LogP contribution < -0.4 is 10.2 Å². The average molecular weight is 509 g/mol. The van der Waals surface area contributed by atoms with Gasteiger partial charge in [0.2, 0.25) is 5.91 Å². The van der Waals surface area contributed by atoms with Gasteiger partial charge in [0.25, 0.3) is 0 Å². The van der Waals surface area contributed by atoms with Gasteiger partial charge in [0.05, 0.1) is 24.1 Å². The summed E-state index contributed by atoms with van der Waals surface area (Å²) in [4.78, 5) is 34.2. The number of methoxy groups -OCH3 is 1. The van der Waals surface area contributed by atoms with Gasteiger partial charge in [-0.3, -0.25) is 14.5 Å². The number of piperazine rings is 1. The molecular weight excluding hydrogens is 473 g/mol. The number of halogens is 3. The first-order chi connectivity index (χ1) is 17.1. The van der Waals surface area contributed by atoms with Crippen molar-refractivity contribution in [3.63, 3.8) is 0 Å². The quantitative estimate of drug-likeness (QED) is 0.593. The van der Waals surface area contributed by atoms with Gasteiger partial charge in [-0.2, -0.15) is 13.2 Å². The number of hydrogen-bond acceptors (Lipinski definition) is 6. The Balaban J connectivity index is 1.18. The van der Waals surface area contributed by atoms with E-state index in [9.17, 15) is 22.8 Å². The Morgan fingerprint density at radius 1 is 1.14 bits per heavy atom. The van der Waals surface area contributed by atoms with Crippen molar-refractivity contribution >= 4 is 17.7 Å². The summed E-state index contributed by atoms with van der Waals surface area (Å²) in [5.41, 5.74) is -1.12. The van der Waals surface area contributed by atoms with Gasteiger partial charge in [-0.25, -0.2) is 4.98 Å². The van der Waals surface area contributed by atoms with E-state index in [4.69, 9.17) is 4.74 Å². The van der Waals surface area contributed by atoms with E-state index in [0.29, 0.717) is 56.2 Å². The van der Waals surface area contributed by atoms with Crippen LogP contribution in [-0.4, -0.2) is 67.1 Å². The van der Waals surface area contributed by atoms with Gasteiger partial charge in [-0.15, -0.1) is 0 Å². The Morgan fingerprint density at radius 2 is 1.81 bits per heavy atom. The average Bonchev–Trinajstić information content (AvgIpc) is 2.85. The van der Waals surface area contributed by atoms with Crippen LogP contribution in [0.25, 0.3) is 0 Å². The molecule has 0 radical (unpaired) electrons. The maximum Gasteiger partial charge on any atom is 0.417 e. The lowest BCUT2D eigenvalue weighted by atomic mass is 9.48. The van der Waals surface area contributed by atoms with Gasteiger partial charge in [-0.05, 0) is 68.4 Å². The number of anilines is 1. The summed E-state index contributed by atoms with van der Waals surface area (Å²) in [6.45, 7) is 4.48. The summed E-state index contributed by atoms with van der Waals surface area (Å²) in [5, 5.41) is 3.38. The van der Waals surface area contributed by atoms with Crippen molar-refractivity contribution in [2.45, 2.75) is 63.7 Å². The summed E-state index contributed by atoms with van der Waals surface area (Å²) in [5.74, 6) is 1.66. The first-order valence-corrected chi connectivity index (χ1v) is 13.0. The second kappa shape index (κ2) is 9.50. The van der Waals surface area contributed by atoms with Gasteiger partial charge < -0.3 is 15.0 Å². The monoisotopic (exact) mass is 508 g/mol. The molecule has 2 heterocycles. The summed E-state index contributed by atoms with van der Waals surface area (Å²) >= 11 is 0. The molecule has 4 bridgehead atoms. The van der Waals surface area contributed by atoms with E-state index in [2.05, 4.69) is 15.2 Å². The fourth-order valence-corrected chi connectivity index (χ4v) is 7.60. The highest BCUT2D eigenvalue weighted by Crippen LogP contribution is 2.60. The van der Waals surface area contributed by atoms with Gasteiger partial charge in [0.15, 0.2) is 0 Å². The normalized spacial score (nSPS) is 32.9. The molecule has 10 heteroatoms. The number of hydrogen-bond donors (Lipinski definition) is 1. The third-order valence-corrected chi connectivity index (χ3v) is 9.04. The van der Waals surface area contributed by atoms with E-state index in [1.165, 1.54) is 13.2 Å². The van der Waals surface area contributed by atoms with Crippen LogP contribution in [0, 0.1) is 23.2 Å². The predicted octanol–water partition coefficient (Wildman–Crippen LogP) is 3.49. The molecule has 1 aromatic rings. The zero-order valence-electron chi connectivity index (χ0n) is 20.9. The van der Waals surface area contributed by atoms with Crippen LogP contribution in [0.5, 0.6) is 0 Å². The second-order valence-corrected chi connectivity index (χ2v) is 11.1. The molecule has 5 fully saturated rings. The number of nitrogens with one attached hydrogen (secondary N) is 1. The van der Waals surface area contributed by atoms with Crippen molar-refractivity contribution in [3.8, 4) is 0 Å². The number of ether oxygens (including phenoxy) is 1. The van der Waals surface area contributed by atoms with E-state index < -0.39 is 11.7 Å². The Kier molecular flexibility index (Phi) is 6.68. The number of esters is 1. The molecule has 6 rings (SSSR count). The lowest BCUT2D eigenvalue weighted by molar-refractivity contribution is -0.171. The third kappa shape index (κ3) is 4.57. The molecule has 0 spiro atoms. The van der Waals surface area contributed by atoms with Crippen LogP contribution in [0.2, 0.25) is 0 Å². The van der Waals surface area contributed by atoms with Crippen LogP contribution in [0.4, 0.5) is 19.0 Å². The minimum absolute atomic E-state index is 0.0446. The number of rotatable bonds is 6. The Bertz CT molecular complexity index is 962. The molecule has 0 aromatic carbocycles. The summed E-state index contributed by atoms with van der Waals surface area (Å²) in [6, 6.07) is 2.33. The standard InChI is InChI=1S/C26H35F3N4O3/c1-3-20(32-6-8-33(9-7-32)21-5-4-19(15-30-21)26(27,28)29)23(34)31-22-17-10-16-11-18(22)14-25(12-16,13-17)24(35)36-2/h4-5,15-18,20,22H,3,6-14H2,1-2H3,(H,31,34). The van der Waals surface area contributed by atoms with Crippen molar-refractivity contribution in [2.75, 3.05) is 38.2 Å². The predicted molar refractivity (Wildman–Crippen MR) is 127 cm³/mol. The molecule has 5 aliphatic rings. The minimum Gasteiger partial charge on any atom is -0.469 e. The van der Waals surface area contributed by atoms with E-state index in [1.54, 1.807) is 0 Å². The molecule has 4 aliphatic carbocycles. The zero-order valence-corrected chi connectivity index (χ0v) is 20.9. The topological polar surface area (TPSA) is 74.8 Å². The van der Waals surface area contributed by atoms with Gasteiger partial charge >= 0.3 is 12.1 Å². The molecule has 36 heavy (non-hydrogen) atoms. The summed E-state index contributed by atoms with van der Waals surface area (Å²) < 4.78 is 43.7. The molecule has 1 saturated heterocycles. The molecule has 3 unspecified atom stereocenters. The summed E-state index contributed by atoms with van der Waals surface area (Å²) in [7, 11) is 1.47. The molecule has 1 amide bonds. The van der Waals surface area contributed by atoms with Crippen LogP contribution in [0.15, 0.2) is 18.3 Å². The summed E-state index contributed by atoms with van der Waals surface area (Å²) in [6.07, 6.45) is 1.80. The van der Waals surface area contributed by atoms with E-state index in [0.717, 1.165) is 44.4 Å². The van der Waals surface area contributed by atoms with Crippen molar-refractivity contribution < 1.29 is 27.5 Å². The number of alkyl halides is 3. The Labute approximate surface area is 209 Å². The molecule has 1 aromatic heterocycles. The maximum atomic E-state index is 13.4. The second-order valence-electron chi connectivity index (χ2n) is 11.1. The number of pyridine rings is 1. The van der Waals surface area contributed by atoms with Gasteiger partial charge in [-0.1, -0.05) is 6.92 Å². The fraction of sp³-hybridized carbons (Fsp3) is 0.731. The lowest BCUT2D eigenvalue weighted by Crippen LogP contribution is -2.63. The minimum atomic E-state index is -4.40. The van der Waals surface area contributed by atoms with Crippen LogP contribution >= 0.6 is 0 Å². The van der Waals surface area contributed by atoms with Crippen LogP contribution in [0.3, 0.4) is 0 Å². The first kappa shape index (κ1) is 25.3. The lowest BCUT2D eigenvalue weighted by Gasteiger charge is -2.58. The fourth-order valence-electron chi connectivity index (χ4n) is 7.60. The number of carbonyl (C=O) groups excluding carboxylic acids is 2. The molecule has 198 valence electrons. The smallest absolute Gasteiger partial charge is 0.417 e. The number of aromatic nitrogens is 1. The molecule has 4 saturated carbocycles. The zero-order chi connectivity index (χ0) is 25.7. The van der Waals surface area contributed by atoms with Crippen LogP contribution in [-0.2, 0) is 20.5 Å². The molecule has 1 aliphatic heterocycles. The SMILES string of the molecule is CCC(C(=O)NC1C2CC3CC1CC(C(=O)OC)(C3)C2)N1CCN(c2ccc(C(F)(F)F)cn2)CC1. The van der Waals surface area contributed by atoms with Crippen LogP contribution in [0.1, 0.15) is 51.0 Å². The van der Waals surface area contributed by atoms with E-state index >= 15 is 0 Å². The highest BCUT2D eigenvalue weighted by Gasteiger charge is 2.59. The highest BCUT2D eigenvalue weighted by molar-refractivity contribution is 5.82. The van der Waals surface area contributed by atoms with Crippen molar-refractivity contribution in [3.05, 3.63) is 23.9 Å². The first-order valence-electron chi connectivity index (χ1n) is 13.0. The molecule has 1 N–H and O–H groups in total. The van der Waals surface area contributed by atoms with Gasteiger partial charge in [0.1, 0.15) is 5.82 Å².